The van der Waals surface area contributed by atoms with E-state index in [0.717, 1.165) is 31.4 Å². The fourth-order valence-electron chi connectivity index (χ4n) is 4.95. The van der Waals surface area contributed by atoms with Crippen molar-refractivity contribution in [1.82, 2.24) is 4.90 Å². The van der Waals surface area contributed by atoms with Crippen LogP contribution in [0.1, 0.15) is 57.9 Å². The molecule has 1 aromatic rings. The van der Waals surface area contributed by atoms with Crippen LogP contribution in [0.25, 0.3) is 0 Å². The predicted octanol–water partition coefficient (Wildman–Crippen LogP) is 4.87. The lowest BCUT2D eigenvalue weighted by Crippen LogP contribution is -2.44. The van der Waals surface area contributed by atoms with E-state index in [2.05, 4.69) is 32.7 Å². The number of carbonyl (C=O) groups is 1. The van der Waals surface area contributed by atoms with Crippen LogP contribution in [0.4, 0.5) is 4.39 Å². The van der Waals surface area contributed by atoms with E-state index >= 15 is 0 Å². The van der Waals surface area contributed by atoms with Crippen molar-refractivity contribution in [3.63, 3.8) is 0 Å². The van der Waals surface area contributed by atoms with Gasteiger partial charge in [0.05, 0.1) is 5.92 Å². The first-order valence-electron chi connectivity index (χ1n) is 10.5. The van der Waals surface area contributed by atoms with Gasteiger partial charge >= 0.3 is 5.97 Å². The van der Waals surface area contributed by atoms with Gasteiger partial charge < -0.3 is 9.64 Å². The van der Waals surface area contributed by atoms with E-state index in [1.54, 1.807) is 0 Å². The summed E-state index contributed by atoms with van der Waals surface area (Å²) in [5.74, 6) is 1.21. The van der Waals surface area contributed by atoms with E-state index in [-0.39, 0.29) is 29.7 Å². The summed E-state index contributed by atoms with van der Waals surface area (Å²) in [6, 6.07) is 6.64. The summed E-state index contributed by atoms with van der Waals surface area (Å²) in [6.45, 7) is 8.37. The van der Waals surface area contributed by atoms with Gasteiger partial charge in [-0.15, -0.1) is 0 Å². The van der Waals surface area contributed by atoms with Crippen LogP contribution in [0.5, 0.6) is 0 Å². The van der Waals surface area contributed by atoms with Gasteiger partial charge in [-0.1, -0.05) is 39.3 Å². The Kier molecular flexibility index (Phi) is 6.56. The minimum atomic E-state index is -0.234. The minimum absolute atomic E-state index is 0.0300. The van der Waals surface area contributed by atoms with Gasteiger partial charge in [-0.3, -0.25) is 4.79 Å². The second kappa shape index (κ2) is 8.72. The molecular formula is C23H34FNO2. The zero-order valence-electron chi connectivity index (χ0n) is 17.2. The number of nitrogens with zero attached hydrogens (tertiary/aromatic N) is 1. The van der Waals surface area contributed by atoms with Crippen LogP contribution in [-0.4, -0.2) is 37.1 Å². The maximum Gasteiger partial charge on any atom is 0.311 e. The maximum absolute atomic E-state index is 13.3. The number of carbonyl (C=O) groups excluding carboxylic acids is 1. The number of ether oxygens (including phenoxy) is 1. The first-order chi connectivity index (χ1) is 12.8. The minimum Gasteiger partial charge on any atom is -0.462 e. The normalized spacial score (nSPS) is 32.4. The highest BCUT2D eigenvalue weighted by Gasteiger charge is 2.39. The Balaban J connectivity index is 1.75. The van der Waals surface area contributed by atoms with Gasteiger partial charge in [-0.05, 0) is 74.2 Å². The van der Waals surface area contributed by atoms with Gasteiger partial charge in [0.2, 0.25) is 0 Å². The molecule has 150 valence electrons. The Morgan fingerprint density at radius 2 is 1.89 bits per heavy atom. The molecule has 4 heteroatoms. The second-order valence-electron chi connectivity index (χ2n) is 9.12. The van der Waals surface area contributed by atoms with E-state index in [9.17, 15) is 9.18 Å². The molecule has 3 nitrogen and oxygen atoms in total. The fourth-order valence-corrected chi connectivity index (χ4v) is 4.95. The molecule has 0 amide bonds. The average molecular weight is 376 g/mol. The fraction of sp³-hybridized carbons (Fsp3) is 0.696. The Hall–Kier alpha value is -1.42. The van der Waals surface area contributed by atoms with Gasteiger partial charge in [0.15, 0.2) is 0 Å². The molecule has 0 N–H and O–H groups in total. The Morgan fingerprint density at radius 1 is 1.19 bits per heavy atom. The lowest BCUT2D eigenvalue weighted by atomic mass is 9.75. The van der Waals surface area contributed by atoms with Gasteiger partial charge in [0, 0.05) is 6.54 Å². The molecule has 0 spiro atoms. The lowest BCUT2D eigenvalue weighted by molar-refractivity contribution is -0.163. The number of hydrogen-bond acceptors (Lipinski definition) is 3. The lowest BCUT2D eigenvalue weighted by Gasteiger charge is -2.40. The molecule has 1 heterocycles. The highest BCUT2D eigenvalue weighted by Crippen LogP contribution is 2.38. The third kappa shape index (κ3) is 4.90. The van der Waals surface area contributed by atoms with Crippen molar-refractivity contribution in [1.29, 1.82) is 0 Å². The molecule has 0 aromatic heterocycles. The summed E-state index contributed by atoms with van der Waals surface area (Å²) in [5.41, 5.74) is 1.05. The van der Waals surface area contributed by atoms with Crippen molar-refractivity contribution >= 4 is 5.97 Å². The maximum atomic E-state index is 13.3. The van der Waals surface area contributed by atoms with E-state index in [4.69, 9.17) is 4.74 Å². The van der Waals surface area contributed by atoms with Crippen LogP contribution in [0.2, 0.25) is 0 Å². The molecule has 1 unspecified atom stereocenters. The van der Waals surface area contributed by atoms with E-state index in [1.807, 2.05) is 12.1 Å². The van der Waals surface area contributed by atoms with Gasteiger partial charge in [0.25, 0.3) is 0 Å². The molecular weight excluding hydrogens is 341 g/mol. The third-order valence-electron chi connectivity index (χ3n) is 6.65. The summed E-state index contributed by atoms with van der Waals surface area (Å²) in [4.78, 5) is 15.4. The SMILES string of the molecule is CC(C)[C@@H]1CC[C@@H](C)CC1OC(=O)[C@@H]1CN(C)CC[C@H]1c1ccc(F)cc1. The van der Waals surface area contributed by atoms with Crippen molar-refractivity contribution in [2.45, 2.75) is 58.5 Å². The predicted molar refractivity (Wildman–Crippen MR) is 106 cm³/mol. The molecule has 27 heavy (non-hydrogen) atoms. The number of benzene rings is 1. The first kappa shape index (κ1) is 20.3. The smallest absolute Gasteiger partial charge is 0.311 e. The Bertz CT molecular complexity index is 630. The molecule has 0 bridgehead atoms. The van der Waals surface area contributed by atoms with Crippen molar-refractivity contribution in [3.8, 4) is 0 Å². The third-order valence-corrected chi connectivity index (χ3v) is 6.65. The number of hydrogen-bond donors (Lipinski definition) is 0. The standard InChI is InChI=1S/C23H34FNO2/c1-15(2)19-10-5-16(3)13-22(19)27-23(26)21-14-25(4)12-11-20(21)17-6-8-18(24)9-7-17/h6-9,15-16,19-22H,5,10-14H2,1-4H3/t16-,19+,20+,21-,22?/m1/s1. The molecule has 3 rings (SSSR count). The number of likely N-dealkylation sites (tertiary alicyclic amines) is 1. The molecule has 0 radical (unpaired) electrons. The molecule has 2 aliphatic rings. The van der Waals surface area contributed by atoms with Crippen LogP contribution in [0, 0.1) is 29.5 Å². The van der Waals surface area contributed by atoms with Crippen molar-refractivity contribution < 1.29 is 13.9 Å². The highest BCUT2D eigenvalue weighted by molar-refractivity contribution is 5.74. The molecule has 1 aromatic carbocycles. The van der Waals surface area contributed by atoms with Gasteiger partial charge in [-0.2, -0.15) is 0 Å². The summed E-state index contributed by atoms with van der Waals surface area (Å²) >= 11 is 0. The number of esters is 1. The van der Waals surface area contributed by atoms with Gasteiger partial charge in [-0.25, -0.2) is 4.39 Å². The van der Waals surface area contributed by atoms with Crippen LogP contribution in [-0.2, 0) is 9.53 Å². The van der Waals surface area contributed by atoms with Crippen molar-refractivity contribution in [2.24, 2.45) is 23.7 Å². The zero-order valence-corrected chi connectivity index (χ0v) is 17.2. The van der Waals surface area contributed by atoms with Crippen molar-refractivity contribution in [2.75, 3.05) is 20.1 Å². The number of rotatable bonds is 4. The van der Waals surface area contributed by atoms with Crippen LogP contribution < -0.4 is 0 Å². The largest absolute Gasteiger partial charge is 0.462 e. The van der Waals surface area contributed by atoms with Crippen LogP contribution >= 0.6 is 0 Å². The molecule has 2 fully saturated rings. The average Bonchev–Trinajstić information content (AvgIpc) is 2.62. The van der Waals surface area contributed by atoms with Crippen LogP contribution in [0.3, 0.4) is 0 Å². The number of piperidine rings is 1. The monoisotopic (exact) mass is 375 g/mol. The zero-order chi connectivity index (χ0) is 19.6. The second-order valence-corrected chi connectivity index (χ2v) is 9.12. The van der Waals surface area contributed by atoms with Crippen LogP contribution in [0.15, 0.2) is 24.3 Å². The molecule has 5 atom stereocenters. The summed E-state index contributed by atoms with van der Waals surface area (Å²) in [5, 5.41) is 0. The quantitative estimate of drug-likeness (QED) is 0.704. The Morgan fingerprint density at radius 3 is 2.56 bits per heavy atom. The molecule has 1 saturated heterocycles. The van der Waals surface area contributed by atoms with E-state index in [0.29, 0.717) is 24.3 Å². The van der Waals surface area contributed by atoms with Crippen molar-refractivity contribution in [3.05, 3.63) is 35.6 Å². The Labute approximate surface area is 163 Å². The van der Waals surface area contributed by atoms with E-state index in [1.165, 1.54) is 18.6 Å². The van der Waals surface area contributed by atoms with E-state index < -0.39 is 0 Å². The molecule has 1 aliphatic carbocycles. The molecule has 1 saturated carbocycles. The van der Waals surface area contributed by atoms with Gasteiger partial charge in [0.1, 0.15) is 11.9 Å². The topological polar surface area (TPSA) is 29.5 Å². The highest BCUT2D eigenvalue weighted by atomic mass is 19.1. The summed E-state index contributed by atoms with van der Waals surface area (Å²) < 4.78 is 19.5. The summed E-state index contributed by atoms with van der Waals surface area (Å²) in [6.07, 6.45) is 4.27. The first-order valence-corrected chi connectivity index (χ1v) is 10.5. The number of halogens is 1. The molecule has 1 aliphatic heterocycles. The summed E-state index contributed by atoms with van der Waals surface area (Å²) in [7, 11) is 2.06.